The van der Waals surface area contributed by atoms with Crippen molar-refractivity contribution in [2.75, 3.05) is 5.32 Å². The SMILES string of the molecule is Cc1ccc(NCc2nnc(SCc3nc4ccc([N+](=O)[O-])cc4[nH]3)n2-c2ccccc2)cc1. The Kier molecular flexibility index (Phi) is 5.96. The van der Waals surface area contributed by atoms with E-state index in [-0.39, 0.29) is 5.69 Å². The Morgan fingerprint density at radius 1 is 1.06 bits per heavy atom. The standard InChI is InChI=1S/C24H21N7O2S/c1-16-7-9-17(10-8-16)25-14-23-28-29-24(30(23)18-5-3-2-4-6-18)34-15-22-26-20-12-11-19(31(32)33)13-21(20)27-22/h2-13,25H,14-15H2,1H3,(H,26,27). The molecule has 2 heterocycles. The van der Waals surface area contributed by atoms with E-state index in [1.54, 1.807) is 6.07 Å². The van der Waals surface area contributed by atoms with Crippen LogP contribution in [0.2, 0.25) is 0 Å². The molecule has 0 saturated carbocycles. The maximum atomic E-state index is 11.0. The first-order valence-corrected chi connectivity index (χ1v) is 11.6. The summed E-state index contributed by atoms with van der Waals surface area (Å²) in [5.41, 5.74) is 4.54. The van der Waals surface area contributed by atoms with Crippen LogP contribution in [-0.4, -0.2) is 29.7 Å². The number of non-ortho nitro benzene ring substituents is 1. The first-order chi connectivity index (χ1) is 16.6. The number of anilines is 1. The number of nitrogens with zero attached hydrogens (tertiary/aromatic N) is 5. The summed E-state index contributed by atoms with van der Waals surface area (Å²) in [6.07, 6.45) is 0. The average molecular weight is 472 g/mol. The summed E-state index contributed by atoms with van der Waals surface area (Å²) in [7, 11) is 0. The van der Waals surface area contributed by atoms with Crippen LogP contribution in [0.3, 0.4) is 0 Å². The van der Waals surface area contributed by atoms with Gasteiger partial charge in [0.25, 0.3) is 5.69 Å². The highest BCUT2D eigenvalue weighted by Gasteiger charge is 2.16. The lowest BCUT2D eigenvalue weighted by atomic mass is 10.2. The fourth-order valence-corrected chi connectivity index (χ4v) is 4.40. The fourth-order valence-electron chi connectivity index (χ4n) is 3.56. The zero-order valence-electron chi connectivity index (χ0n) is 18.3. The lowest BCUT2D eigenvalue weighted by Crippen LogP contribution is -2.08. The first-order valence-electron chi connectivity index (χ1n) is 10.6. The molecule has 0 aliphatic rings. The Morgan fingerprint density at radius 3 is 2.62 bits per heavy atom. The largest absolute Gasteiger partial charge is 0.378 e. The second kappa shape index (κ2) is 9.36. The Bertz CT molecular complexity index is 1450. The van der Waals surface area contributed by atoms with Gasteiger partial charge >= 0.3 is 0 Å². The number of aryl methyl sites for hydroxylation is 1. The molecule has 10 heteroatoms. The summed E-state index contributed by atoms with van der Waals surface area (Å²) in [6, 6.07) is 22.8. The summed E-state index contributed by atoms with van der Waals surface area (Å²) in [4.78, 5) is 18.3. The van der Waals surface area contributed by atoms with E-state index >= 15 is 0 Å². The van der Waals surface area contributed by atoms with Crippen molar-refractivity contribution in [2.24, 2.45) is 0 Å². The molecule has 5 aromatic rings. The van der Waals surface area contributed by atoms with Crippen LogP contribution in [0.25, 0.3) is 16.7 Å². The fraction of sp³-hybridized carbons (Fsp3) is 0.125. The predicted molar refractivity (Wildman–Crippen MR) is 132 cm³/mol. The third kappa shape index (κ3) is 4.62. The van der Waals surface area contributed by atoms with Gasteiger partial charge in [0.1, 0.15) is 5.82 Å². The van der Waals surface area contributed by atoms with Gasteiger partial charge in [0.15, 0.2) is 11.0 Å². The minimum Gasteiger partial charge on any atom is -0.378 e. The number of nitro groups is 1. The smallest absolute Gasteiger partial charge is 0.271 e. The number of hydrogen-bond donors (Lipinski definition) is 2. The van der Waals surface area contributed by atoms with Gasteiger partial charge in [-0.25, -0.2) is 4.98 Å². The Hall–Kier alpha value is -4.18. The highest BCUT2D eigenvalue weighted by Crippen LogP contribution is 2.27. The highest BCUT2D eigenvalue weighted by atomic mass is 32.2. The molecule has 2 aromatic heterocycles. The maximum Gasteiger partial charge on any atom is 0.271 e. The van der Waals surface area contributed by atoms with E-state index in [1.165, 1.54) is 29.5 Å². The van der Waals surface area contributed by atoms with E-state index in [9.17, 15) is 10.1 Å². The summed E-state index contributed by atoms with van der Waals surface area (Å²) in [5, 5.41) is 24.1. The van der Waals surface area contributed by atoms with Gasteiger partial charge < -0.3 is 10.3 Å². The monoisotopic (exact) mass is 471 g/mol. The molecular weight excluding hydrogens is 450 g/mol. The van der Waals surface area contributed by atoms with Gasteiger partial charge in [0.2, 0.25) is 0 Å². The van der Waals surface area contributed by atoms with Crippen molar-refractivity contribution in [2.45, 2.75) is 24.4 Å². The molecule has 0 amide bonds. The van der Waals surface area contributed by atoms with Gasteiger partial charge in [0, 0.05) is 23.5 Å². The number of nitro benzene ring substituents is 1. The molecule has 9 nitrogen and oxygen atoms in total. The van der Waals surface area contributed by atoms with Crippen LogP contribution in [-0.2, 0) is 12.3 Å². The van der Waals surface area contributed by atoms with Gasteiger partial charge in [-0.3, -0.25) is 14.7 Å². The van der Waals surface area contributed by atoms with Gasteiger partial charge in [-0.05, 0) is 37.3 Å². The van der Waals surface area contributed by atoms with Crippen molar-refractivity contribution >= 4 is 34.2 Å². The molecule has 0 bridgehead atoms. The van der Waals surface area contributed by atoms with Crippen LogP contribution < -0.4 is 5.32 Å². The maximum absolute atomic E-state index is 11.0. The molecular formula is C24H21N7O2S. The van der Waals surface area contributed by atoms with Crippen molar-refractivity contribution in [1.82, 2.24) is 24.7 Å². The van der Waals surface area contributed by atoms with Crippen molar-refractivity contribution in [3.8, 4) is 5.69 Å². The molecule has 0 fully saturated rings. The normalized spacial score (nSPS) is 11.1. The molecule has 0 aliphatic heterocycles. The number of para-hydroxylation sites is 1. The lowest BCUT2D eigenvalue weighted by Gasteiger charge is -2.11. The molecule has 0 saturated heterocycles. The van der Waals surface area contributed by atoms with Gasteiger partial charge in [-0.2, -0.15) is 0 Å². The molecule has 5 rings (SSSR count). The van der Waals surface area contributed by atoms with E-state index in [2.05, 4.69) is 44.5 Å². The van der Waals surface area contributed by atoms with E-state index in [4.69, 9.17) is 0 Å². The molecule has 170 valence electrons. The molecule has 3 aromatic carbocycles. The minimum absolute atomic E-state index is 0.0323. The molecule has 0 spiro atoms. The quantitative estimate of drug-likeness (QED) is 0.180. The van der Waals surface area contributed by atoms with E-state index < -0.39 is 4.92 Å². The number of H-pyrrole nitrogens is 1. The van der Waals surface area contributed by atoms with E-state index in [0.29, 0.717) is 29.2 Å². The molecule has 0 radical (unpaired) electrons. The van der Waals surface area contributed by atoms with Gasteiger partial charge in [-0.1, -0.05) is 47.7 Å². The lowest BCUT2D eigenvalue weighted by molar-refractivity contribution is -0.384. The topological polar surface area (TPSA) is 115 Å². The van der Waals surface area contributed by atoms with Crippen LogP contribution in [0.5, 0.6) is 0 Å². The Labute approximate surface area is 199 Å². The number of benzene rings is 3. The average Bonchev–Trinajstić information content (AvgIpc) is 3.45. The second-order valence-electron chi connectivity index (χ2n) is 7.72. The Morgan fingerprint density at radius 2 is 1.85 bits per heavy atom. The van der Waals surface area contributed by atoms with E-state index in [1.807, 2.05) is 47.0 Å². The van der Waals surface area contributed by atoms with Crippen LogP contribution in [0.1, 0.15) is 17.2 Å². The third-order valence-electron chi connectivity index (χ3n) is 5.28. The molecule has 0 aliphatic carbocycles. The van der Waals surface area contributed by atoms with Crippen molar-refractivity contribution in [1.29, 1.82) is 0 Å². The Balaban J connectivity index is 1.38. The summed E-state index contributed by atoms with van der Waals surface area (Å²) in [6.45, 7) is 2.57. The van der Waals surface area contributed by atoms with Crippen LogP contribution >= 0.6 is 11.8 Å². The predicted octanol–water partition coefficient (Wildman–Crippen LogP) is 5.26. The van der Waals surface area contributed by atoms with Crippen LogP contribution in [0, 0.1) is 17.0 Å². The minimum atomic E-state index is -0.413. The number of aromatic nitrogens is 5. The molecule has 0 unspecified atom stereocenters. The molecule has 34 heavy (non-hydrogen) atoms. The number of rotatable bonds is 8. The number of aromatic amines is 1. The molecule has 0 atom stereocenters. The van der Waals surface area contributed by atoms with Crippen LogP contribution in [0.15, 0.2) is 78.0 Å². The first kappa shape index (κ1) is 21.7. The third-order valence-corrected chi connectivity index (χ3v) is 6.22. The molecule has 2 N–H and O–H groups in total. The summed E-state index contributed by atoms with van der Waals surface area (Å²) in [5.74, 6) is 2.01. The number of hydrogen-bond acceptors (Lipinski definition) is 7. The zero-order valence-corrected chi connectivity index (χ0v) is 19.1. The van der Waals surface area contributed by atoms with Crippen LogP contribution in [0.4, 0.5) is 11.4 Å². The van der Waals surface area contributed by atoms with E-state index in [0.717, 1.165) is 22.4 Å². The summed E-state index contributed by atoms with van der Waals surface area (Å²) < 4.78 is 2.03. The van der Waals surface area contributed by atoms with Crippen molar-refractivity contribution in [3.63, 3.8) is 0 Å². The van der Waals surface area contributed by atoms with Crippen molar-refractivity contribution < 1.29 is 4.92 Å². The van der Waals surface area contributed by atoms with Gasteiger partial charge in [-0.15, -0.1) is 10.2 Å². The van der Waals surface area contributed by atoms with Gasteiger partial charge in [0.05, 0.1) is 28.3 Å². The zero-order chi connectivity index (χ0) is 23.5. The summed E-state index contributed by atoms with van der Waals surface area (Å²) >= 11 is 1.50. The number of nitrogens with one attached hydrogen (secondary N) is 2. The highest BCUT2D eigenvalue weighted by molar-refractivity contribution is 7.98. The number of imidazole rings is 1. The van der Waals surface area contributed by atoms with Crippen molar-refractivity contribution in [3.05, 3.63) is 100 Å². The number of thioether (sulfide) groups is 1. The second-order valence-corrected chi connectivity index (χ2v) is 8.66. The number of fused-ring (bicyclic) bond motifs is 1.